The molecule has 1 aromatic carbocycles. The van der Waals surface area contributed by atoms with Gasteiger partial charge in [0.2, 0.25) is 0 Å². The summed E-state index contributed by atoms with van der Waals surface area (Å²) in [5.74, 6) is 0.488. The molecule has 23 heavy (non-hydrogen) atoms. The lowest BCUT2D eigenvalue weighted by Crippen LogP contribution is -2.16. The molecule has 0 saturated heterocycles. The summed E-state index contributed by atoms with van der Waals surface area (Å²) in [5, 5.41) is 4.83. The Morgan fingerprint density at radius 1 is 1.26 bits per heavy atom. The second-order valence-electron chi connectivity index (χ2n) is 6.50. The molecule has 0 saturated carbocycles. The van der Waals surface area contributed by atoms with Crippen LogP contribution in [0.25, 0.3) is 16.8 Å². The van der Waals surface area contributed by atoms with E-state index < -0.39 is 0 Å². The third kappa shape index (κ3) is 2.33. The summed E-state index contributed by atoms with van der Waals surface area (Å²) in [6.45, 7) is 4.39. The Morgan fingerprint density at radius 2 is 2.04 bits per heavy atom. The second kappa shape index (κ2) is 5.44. The fraction of sp³-hybridized carbons (Fsp3) is 0.368. The first kappa shape index (κ1) is 14.4. The number of rotatable bonds is 2. The molecule has 1 aliphatic rings. The van der Waals surface area contributed by atoms with Crippen LogP contribution in [0.3, 0.4) is 0 Å². The van der Waals surface area contributed by atoms with Crippen molar-refractivity contribution in [2.24, 2.45) is 5.92 Å². The largest absolute Gasteiger partial charge is 0.236 e. The van der Waals surface area contributed by atoms with Gasteiger partial charge in [-0.2, -0.15) is 5.10 Å². The van der Waals surface area contributed by atoms with Crippen LogP contribution in [0.2, 0.25) is 0 Å². The van der Waals surface area contributed by atoms with Crippen molar-refractivity contribution in [1.29, 1.82) is 0 Å². The Labute approximate surface area is 135 Å². The zero-order valence-corrected chi connectivity index (χ0v) is 13.5. The number of hydrogen-bond donors (Lipinski definition) is 0. The van der Waals surface area contributed by atoms with E-state index in [1.54, 1.807) is 0 Å². The molecule has 4 heteroatoms. The van der Waals surface area contributed by atoms with Crippen LogP contribution in [-0.4, -0.2) is 14.6 Å². The summed E-state index contributed by atoms with van der Waals surface area (Å²) < 4.78 is 15.3. The van der Waals surface area contributed by atoms with Crippen molar-refractivity contribution in [2.75, 3.05) is 0 Å². The first-order valence-electron chi connectivity index (χ1n) is 8.31. The van der Waals surface area contributed by atoms with Crippen molar-refractivity contribution in [1.82, 2.24) is 14.6 Å². The molecular weight excluding hydrogens is 289 g/mol. The lowest BCUT2D eigenvalue weighted by molar-refractivity contribution is 0.485. The summed E-state index contributed by atoms with van der Waals surface area (Å²) in [6.07, 6.45) is 6.16. The second-order valence-corrected chi connectivity index (χ2v) is 6.50. The van der Waals surface area contributed by atoms with Gasteiger partial charge in [0.05, 0.1) is 5.69 Å². The molecule has 0 N–H and O–H groups in total. The Hall–Kier alpha value is -2.23. The number of nitrogens with zero attached hydrogens (tertiary/aromatic N) is 3. The third-order valence-corrected chi connectivity index (χ3v) is 4.81. The molecule has 4 rings (SSSR count). The van der Waals surface area contributed by atoms with Gasteiger partial charge in [0, 0.05) is 17.5 Å². The maximum atomic E-state index is 13.2. The molecule has 1 atom stereocenters. The van der Waals surface area contributed by atoms with Crippen molar-refractivity contribution in [3.63, 3.8) is 0 Å². The lowest BCUT2D eigenvalue weighted by atomic mass is 9.89. The average Bonchev–Trinajstić information content (AvgIpc) is 2.94. The van der Waals surface area contributed by atoms with Gasteiger partial charge in [-0.15, -0.1) is 0 Å². The van der Waals surface area contributed by atoms with Gasteiger partial charge in [-0.25, -0.2) is 13.9 Å². The van der Waals surface area contributed by atoms with E-state index in [4.69, 9.17) is 10.1 Å². The van der Waals surface area contributed by atoms with E-state index in [1.807, 2.05) is 22.8 Å². The number of fused-ring (bicyclic) bond motifs is 3. The van der Waals surface area contributed by atoms with Crippen LogP contribution in [-0.2, 0) is 19.3 Å². The van der Waals surface area contributed by atoms with E-state index in [-0.39, 0.29) is 5.82 Å². The van der Waals surface area contributed by atoms with E-state index in [1.165, 1.54) is 29.8 Å². The zero-order valence-electron chi connectivity index (χ0n) is 13.5. The molecule has 2 aromatic heterocycles. The van der Waals surface area contributed by atoms with Crippen LogP contribution in [0, 0.1) is 11.7 Å². The van der Waals surface area contributed by atoms with Crippen LogP contribution in [0.5, 0.6) is 0 Å². The molecule has 0 amide bonds. The van der Waals surface area contributed by atoms with Gasteiger partial charge in [-0.05, 0) is 54.9 Å². The smallest absolute Gasteiger partial charge is 0.163 e. The van der Waals surface area contributed by atoms with E-state index >= 15 is 0 Å². The van der Waals surface area contributed by atoms with Gasteiger partial charge < -0.3 is 0 Å². The first-order valence-corrected chi connectivity index (χ1v) is 8.31. The van der Waals surface area contributed by atoms with E-state index in [0.29, 0.717) is 5.92 Å². The van der Waals surface area contributed by atoms with Gasteiger partial charge in [0.1, 0.15) is 5.82 Å². The highest BCUT2D eigenvalue weighted by Crippen LogP contribution is 2.32. The number of halogens is 1. The third-order valence-electron chi connectivity index (χ3n) is 4.81. The highest BCUT2D eigenvalue weighted by molar-refractivity contribution is 5.80. The van der Waals surface area contributed by atoms with E-state index in [0.717, 1.165) is 41.7 Å². The van der Waals surface area contributed by atoms with E-state index in [9.17, 15) is 4.39 Å². The lowest BCUT2D eigenvalue weighted by Gasteiger charge is -2.21. The molecule has 0 spiro atoms. The SMILES string of the molecule is CCc1nn2c3c(cnc2c1-c1ccc(F)cc1)CC(C)CC3. The molecule has 0 bridgehead atoms. The highest BCUT2D eigenvalue weighted by atomic mass is 19.1. The summed E-state index contributed by atoms with van der Waals surface area (Å²) in [4.78, 5) is 4.70. The molecule has 0 fully saturated rings. The Kier molecular flexibility index (Phi) is 3.40. The van der Waals surface area contributed by atoms with Gasteiger partial charge in [-0.1, -0.05) is 26.0 Å². The number of hydrogen-bond acceptors (Lipinski definition) is 2. The minimum atomic E-state index is -0.220. The van der Waals surface area contributed by atoms with Crippen molar-refractivity contribution in [3.05, 3.63) is 53.2 Å². The van der Waals surface area contributed by atoms with Gasteiger partial charge >= 0.3 is 0 Å². The Morgan fingerprint density at radius 3 is 2.78 bits per heavy atom. The minimum Gasteiger partial charge on any atom is -0.236 e. The standard InChI is InChI=1S/C19H20FN3/c1-3-16-18(13-5-7-15(20)8-6-13)19-21-11-14-10-12(2)4-9-17(14)23(19)22-16/h5-8,11-12H,3-4,9-10H2,1-2H3. The molecule has 3 aromatic rings. The Balaban J connectivity index is 1.96. The molecule has 1 unspecified atom stereocenters. The predicted octanol–water partition coefficient (Wildman–Crippen LogP) is 4.22. The number of aromatic nitrogens is 3. The monoisotopic (exact) mass is 309 g/mol. The van der Waals surface area contributed by atoms with Crippen molar-refractivity contribution < 1.29 is 4.39 Å². The van der Waals surface area contributed by atoms with Crippen molar-refractivity contribution in [2.45, 2.75) is 39.5 Å². The molecular formula is C19H20FN3. The first-order chi connectivity index (χ1) is 11.2. The Bertz CT molecular complexity index is 864. The topological polar surface area (TPSA) is 30.2 Å². The van der Waals surface area contributed by atoms with Crippen molar-refractivity contribution in [3.8, 4) is 11.1 Å². The van der Waals surface area contributed by atoms with Crippen LogP contribution in [0.4, 0.5) is 4.39 Å². The molecule has 3 nitrogen and oxygen atoms in total. The average molecular weight is 309 g/mol. The molecule has 1 aliphatic carbocycles. The minimum absolute atomic E-state index is 0.220. The van der Waals surface area contributed by atoms with Crippen LogP contribution in [0.15, 0.2) is 30.5 Å². The van der Waals surface area contributed by atoms with Crippen molar-refractivity contribution >= 4 is 5.65 Å². The molecule has 118 valence electrons. The molecule has 2 heterocycles. The fourth-order valence-electron chi connectivity index (χ4n) is 3.57. The molecule has 0 aliphatic heterocycles. The van der Waals surface area contributed by atoms with Crippen LogP contribution in [0.1, 0.15) is 37.2 Å². The predicted molar refractivity (Wildman–Crippen MR) is 88.9 cm³/mol. The van der Waals surface area contributed by atoms with E-state index in [2.05, 4.69) is 13.8 Å². The normalized spacial score (nSPS) is 17.4. The number of aryl methyl sites for hydroxylation is 2. The summed E-state index contributed by atoms with van der Waals surface area (Å²) in [7, 11) is 0. The summed E-state index contributed by atoms with van der Waals surface area (Å²) >= 11 is 0. The van der Waals surface area contributed by atoms with Crippen LogP contribution >= 0.6 is 0 Å². The van der Waals surface area contributed by atoms with Crippen LogP contribution < -0.4 is 0 Å². The number of benzene rings is 1. The van der Waals surface area contributed by atoms with Gasteiger partial charge in [0.25, 0.3) is 0 Å². The highest BCUT2D eigenvalue weighted by Gasteiger charge is 2.22. The maximum absolute atomic E-state index is 13.2. The quantitative estimate of drug-likeness (QED) is 0.709. The molecule has 0 radical (unpaired) electrons. The summed E-state index contributed by atoms with van der Waals surface area (Å²) in [5.41, 5.74) is 6.53. The fourth-order valence-corrected chi connectivity index (χ4v) is 3.57. The maximum Gasteiger partial charge on any atom is 0.163 e. The summed E-state index contributed by atoms with van der Waals surface area (Å²) in [6, 6.07) is 6.63. The van der Waals surface area contributed by atoms with Gasteiger partial charge in [-0.3, -0.25) is 0 Å². The van der Waals surface area contributed by atoms with Gasteiger partial charge in [0.15, 0.2) is 5.65 Å². The zero-order chi connectivity index (χ0) is 16.0.